The molecular formula is C22H29F3O. The van der Waals surface area contributed by atoms with E-state index in [1.54, 1.807) is 0 Å². The third kappa shape index (κ3) is 2.47. The monoisotopic (exact) mass is 366 g/mol. The maximum absolute atomic E-state index is 13.3. The summed E-state index contributed by atoms with van der Waals surface area (Å²) in [5.74, 6) is 1.24. The van der Waals surface area contributed by atoms with E-state index in [0.29, 0.717) is 17.4 Å². The van der Waals surface area contributed by atoms with Gasteiger partial charge in [-0.05, 0) is 79.1 Å². The number of rotatable bonds is 1. The quantitative estimate of drug-likeness (QED) is 0.567. The molecule has 0 radical (unpaired) electrons. The van der Waals surface area contributed by atoms with Crippen molar-refractivity contribution in [2.24, 2.45) is 28.6 Å². The normalized spacial score (nSPS) is 45.2. The first-order valence-electron chi connectivity index (χ1n) is 9.92. The lowest BCUT2D eigenvalue weighted by molar-refractivity contribution is -0.0929. The average Bonchev–Trinajstić information content (AvgIpc) is 2.91. The van der Waals surface area contributed by atoms with E-state index in [2.05, 4.69) is 19.6 Å². The summed E-state index contributed by atoms with van der Waals surface area (Å²) in [6.07, 6.45) is 5.66. The second-order valence-electron chi connectivity index (χ2n) is 9.44. The van der Waals surface area contributed by atoms with Gasteiger partial charge in [-0.1, -0.05) is 38.2 Å². The van der Waals surface area contributed by atoms with E-state index in [9.17, 15) is 18.3 Å². The molecule has 2 saturated carbocycles. The molecule has 4 heteroatoms. The van der Waals surface area contributed by atoms with Gasteiger partial charge in [-0.25, -0.2) is 0 Å². The zero-order valence-corrected chi connectivity index (χ0v) is 15.7. The Morgan fingerprint density at radius 3 is 2.46 bits per heavy atom. The molecule has 0 amide bonds. The Balaban J connectivity index is 1.64. The Labute approximate surface area is 154 Å². The van der Waals surface area contributed by atoms with Gasteiger partial charge in [0.1, 0.15) is 0 Å². The van der Waals surface area contributed by atoms with Crippen LogP contribution >= 0.6 is 0 Å². The summed E-state index contributed by atoms with van der Waals surface area (Å²) in [7, 11) is 0. The van der Waals surface area contributed by atoms with Crippen molar-refractivity contribution in [3.63, 3.8) is 0 Å². The number of halogens is 3. The van der Waals surface area contributed by atoms with Gasteiger partial charge in [0.25, 0.3) is 0 Å². The van der Waals surface area contributed by atoms with Crippen molar-refractivity contribution in [2.45, 2.75) is 71.1 Å². The van der Waals surface area contributed by atoms with Crippen molar-refractivity contribution < 1.29 is 18.3 Å². The first-order valence-corrected chi connectivity index (χ1v) is 9.92. The number of hydrogen-bond acceptors (Lipinski definition) is 1. The van der Waals surface area contributed by atoms with Gasteiger partial charge in [-0.2, -0.15) is 13.2 Å². The molecule has 4 aliphatic rings. The maximum atomic E-state index is 13.3. The van der Waals surface area contributed by atoms with E-state index >= 15 is 0 Å². The molecule has 4 rings (SSSR count). The fraction of sp³-hybridized carbons (Fsp3) is 0.727. The van der Waals surface area contributed by atoms with Gasteiger partial charge in [0.05, 0.1) is 11.7 Å². The van der Waals surface area contributed by atoms with Crippen LogP contribution in [0.15, 0.2) is 35.5 Å². The molecule has 0 aliphatic heterocycles. The first-order chi connectivity index (χ1) is 12.1. The Bertz CT molecular complexity index is 688. The molecule has 1 nitrogen and oxygen atoms in total. The van der Waals surface area contributed by atoms with Crippen molar-refractivity contribution in [3.05, 3.63) is 35.5 Å². The average molecular weight is 366 g/mol. The Hall–Kier alpha value is -1.03. The third-order valence-corrected chi connectivity index (χ3v) is 8.33. The second kappa shape index (κ2) is 5.73. The third-order valence-electron chi connectivity index (χ3n) is 8.33. The molecule has 4 aliphatic carbocycles. The van der Waals surface area contributed by atoms with Crippen LogP contribution in [-0.2, 0) is 0 Å². The number of alkyl halides is 3. The lowest BCUT2D eigenvalue weighted by Crippen LogP contribution is -2.50. The molecule has 0 aromatic rings. The lowest BCUT2D eigenvalue weighted by atomic mass is 9.47. The maximum Gasteiger partial charge on any atom is 0.416 e. The fourth-order valence-electron chi connectivity index (χ4n) is 6.83. The molecule has 144 valence electrons. The molecule has 0 heterocycles. The van der Waals surface area contributed by atoms with Gasteiger partial charge in [0.2, 0.25) is 0 Å². The van der Waals surface area contributed by atoms with E-state index in [1.807, 2.05) is 13.0 Å². The molecule has 0 aromatic carbocycles. The van der Waals surface area contributed by atoms with Crippen molar-refractivity contribution in [2.75, 3.05) is 0 Å². The number of fused-ring (bicyclic) bond motifs is 5. The van der Waals surface area contributed by atoms with Gasteiger partial charge in [-0.3, -0.25) is 0 Å². The van der Waals surface area contributed by atoms with Crippen LogP contribution in [0.2, 0.25) is 0 Å². The van der Waals surface area contributed by atoms with E-state index in [-0.39, 0.29) is 17.4 Å². The molecule has 26 heavy (non-hydrogen) atoms. The van der Waals surface area contributed by atoms with Crippen molar-refractivity contribution >= 4 is 0 Å². The molecule has 2 fully saturated rings. The van der Waals surface area contributed by atoms with Gasteiger partial charge in [0, 0.05) is 0 Å². The van der Waals surface area contributed by atoms with Gasteiger partial charge >= 0.3 is 6.18 Å². The molecule has 3 unspecified atom stereocenters. The fourth-order valence-corrected chi connectivity index (χ4v) is 6.83. The van der Waals surface area contributed by atoms with Crippen LogP contribution in [-0.4, -0.2) is 17.4 Å². The molecule has 6 atom stereocenters. The van der Waals surface area contributed by atoms with Crippen LogP contribution < -0.4 is 0 Å². The van der Waals surface area contributed by atoms with Crippen molar-refractivity contribution in [1.82, 2.24) is 0 Å². The number of allylic oxidation sites excluding steroid dienone is 4. The molecule has 0 spiro atoms. The lowest BCUT2D eigenvalue weighted by Gasteiger charge is -2.57. The second-order valence-corrected chi connectivity index (χ2v) is 9.44. The standard InChI is InChI=1S/C22H29F3O/c1-13(22(23,24)25)17-6-7-18-16-5-4-14-12-15(26)8-10-20(14,2)19(16)9-11-21(17,18)3/h4,6,15-16,18-19,26H,1,5,7-12H2,2-3H3/t15-,16?,18?,19?,20-,21+/m0/s1. The van der Waals surface area contributed by atoms with Crippen LogP contribution in [0.4, 0.5) is 13.2 Å². The summed E-state index contributed by atoms with van der Waals surface area (Å²) in [6.45, 7) is 7.78. The Morgan fingerprint density at radius 2 is 1.77 bits per heavy atom. The van der Waals surface area contributed by atoms with Crippen LogP contribution in [0.25, 0.3) is 0 Å². The summed E-state index contributed by atoms with van der Waals surface area (Å²) in [6, 6.07) is 0. The summed E-state index contributed by atoms with van der Waals surface area (Å²) in [5, 5.41) is 10.1. The molecule has 0 aromatic heterocycles. The summed E-state index contributed by atoms with van der Waals surface area (Å²) in [4.78, 5) is 0. The number of aliphatic hydroxyl groups excluding tert-OH is 1. The first kappa shape index (κ1) is 18.3. The van der Waals surface area contributed by atoms with Crippen LogP contribution in [0.1, 0.15) is 58.8 Å². The highest BCUT2D eigenvalue weighted by Gasteiger charge is 2.58. The number of hydrogen-bond donors (Lipinski definition) is 1. The zero-order valence-electron chi connectivity index (χ0n) is 15.7. The van der Waals surface area contributed by atoms with Crippen molar-refractivity contribution in [1.29, 1.82) is 0 Å². The molecule has 1 N–H and O–H groups in total. The van der Waals surface area contributed by atoms with Crippen LogP contribution in [0.3, 0.4) is 0 Å². The smallest absolute Gasteiger partial charge is 0.393 e. The highest BCUT2D eigenvalue weighted by molar-refractivity contribution is 5.42. The van der Waals surface area contributed by atoms with E-state index in [1.165, 1.54) is 5.57 Å². The topological polar surface area (TPSA) is 20.2 Å². The van der Waals surface area contributed by atoms with Crippen molar-refractivity contribution in [3.8, 4) is 0 Å². The molecule has 0 saturated heterocycles. The highest BCUT2D eigenvalue weighted by atomic mass is 19.4. The highest BCUT2D eigenvalue weighted by Crippen LogP contribution is 2.66. The summed E-state index contributed by atoms with van der Waals surface area (Å²) in [5.41, 5.74) is 0.927. The zero-order chi connectivity index (χ0) is 18.9. The molecular weight excluding hydrogens is 337 g/mol. The largest absolute Gasteiger partial charge is 0.416 e. The van der Waals surface area contributed by atoms with Gasteiger partial charge in [-0.15, -0.1) is 0 Å². The Kier molecular flexibility index (Phi) is 4.04. The van der Waals surface area contributed by atoms with Crippen LogP contribution in [0, 0.1) is 28.6 Å². The SMILES string of the molecule is C=C(C1=CCC2C3CC=C4C[C@@H](O)CC[C@]4(C)C3CC[C@]12C)C(F)(F)F. The minimum atomic E-state index is -4.34. The van der Waals surface area contributed by atoms with Gasteiger partial charge < -0.3 is 5.11 Å². The predicted octanol–water partition coefficient (Wildman–Crippen LogP) is 5.96. The van der Waals surface area contributed by atoms with E-state index < -0.39 is 17.2 Å². The van der Waals surface area contributed by atoms with Crippen LogP contribution in [0.5, 0.6) is 0 Å². The predicted molar refractivity (Wildman–Crippen MR) is 96.4 cm³/mol. The minimum absolute atomic E-state index is 0.118. The minimum Gasteiger partial charge on any atom is -0.393 e. The summed E-state index contributed by atoms with van der Waals surface area (Å²) >= 11 is 0. The Morgan fingerprint density at radius 1 is 1.08 bits per heavy atom. The van der Waals surface area contributed by atoms with E-state index in [0.717, 1.165) is 44.9 Å². The molecule has 0 bridgehead atoms. The van der Waals surface area contributed by atoms with Gasteiger partial charge in [0.15, 0.2) is 0 Å². The summed E-state index contributed by atoms with van der Waals surface area (Å²) < 4.78 is 39.9. The van der Waals surface area contributed by atoms with E-state index in [4.69, 9.17) is 0 Å². The number of aliphatic hydroxyl groups is 1.